The lowest BCUT2D eigenvalue weighted by Gasteiger charge is -2.33. The molecule has 1 fully saturated rings. The van der Waals surface area contributed by atoms with E-state index in [1.165, 1.54) is 4.31 Å². The lowest BCUT2D eigenvalue weighted by Crippen LogP contribution is -2.43. The van der Waals surface area contributed by atoms with Crippen molar-refractivity contribution in [2.24, 2.45) is 0 Å². The number of piperidine rings is 1. The first-order valence-corrected chi connectivity index (χ1v) is 11.9. The molecule has 2 aromatic carbocycles. The highest BCUT2D eigenvalue weighted by Gasteiger charge is 2.44. The third-order valence-electron chi connectivity index (χ3n) is 5.76. The van der Waals surface area contributed by atoms with E-state index in [1.54, 1.807) is 12.1 Å². The second-order valence-electron chi connectivity index (χ2n) is 8.27. The van der Waals surface area contributed by atoms with E-state index in [0.29, 0.717) is 18.2 Å². The van der Waals surface area contributed by atoms with E-state index < -0.39 is 15.7 Å². The molecule has 0 saturated carbocycles. The normalized spacial score (nSPS) is 17.2. The molecule has 0 spiro atoms. The molecule has 164 valence electrons. The van der Waals surface area contributed by atoms with Crippen LogP contribution in [-0.2, 0) is 22.1 Å². The number of aromatic nitrogens is 2. The highest BCUT2D eigenvalue weighted by atomic mass is 32.2. The van der Waals surface area contributed by atoms with Crippen molar-refractivity contribution in [3.63, 3.8) is 0 Å². The fourth-order valence-electron chi connectivity index (χ4n) is 3.75. The molecular weight excluding hydrogens is 417 g/mol. The summed E-state index contributed by atoms with van der Waals surface area (Å²) in [7, 11) is -3.67. The van der Waals surface area contributed by atoms with Crippen LogP contribution in [0, 0.1) is 0 Å². The Morgan fingerprint density at radius 3 is 2.32 bits per heavy atom. The molecule has 0 bridgehead atoms. The van der Waals surface area contributed by atoms with Gasteiger partial charge in [-0.3, -0.25) is 0 Å². The molecular formula is C23H26FN3O3S. The summed E-state index contributed by atoms with van der Waals surface area (Å²) in [5.41, 5.74) is 0.255. The van der Waals surface area contributed by atoms with Gasteiger partial charge < -0.3 is 4.52 Å². The summed E-state index contributed by atoms with van der Waals surface area (Å²) in [6.07, 6.45) is 0.403. The Morgan fingerprint density at radius 2 is 1.71 bits per heavy atom. The smallest absolute Gasteiger partial charge is 0.264 e. The van der Waals surface area contributed by atoms with E-state index in [9.17, 15) is 8.42 Å². The molecule has 1 saturated heterocycles. The van der Waals surface area contributed by atoms with Gasteiger partial charge in [-0.1, -0.05) is 61.5 Å². The van der Waals surface area contributed by atoms with Crippen LogP contribution in [0.5, 0.6) is 0 Å². The first-order chi connectivity index (χ1) is 14.8. The van der Waals surface area contributed by atoms with Gasteiger partial charge in [-0.15, -0.1) is 0 Å². The topological polar surface area (TPSA) is 76.3 Å². The van der Waals surface area contributed by atoms with E-state index in [0.717, 1.165) is 11.1 Å². The maximum Gasteiger partial charge on any atom is 0.264 e. The molecule has 0 atom stereocenters. The first kappa shape index (κ1) is 21.6. The zero-order chi connectivity index (χ0) is 22.1. The van der Waals surface area contributed by atoms with Gasteiger partial charge in [-0.25, -0.2) is 12.8 Å². The monoisotopic (exact) mass is 443 g/mol. The number of rotatable bonds is 6. The summed E-state index contributed by atoms with van der Waals surface area (Å²) < 4.78 is 48.0. The largest absolute Gasteiger partial charge is 0.336 e. The van der Waals surface area contributed by atoms with Gasteiger partial charge in [0.25, 0.3) is 5.89 Å². The van der Waals surface area contributed by atoms with E-state index in [4.69, 9.17) is 4.52 Å². The van der Waals surface area contributed by atoms with Crippen molar-refractivity contribution in [2.75, 3.05) is 13.1 Å². The van der Waals surface area contributed by atoms with E-state index >= 15 is 4.39 Å². The summed E-state index contributed by atoms with van der Waals surface area (Å²) >= 11 is 0. The molecule has 8 heteroatoms. The van der Waals surface area contributed by atoms with Crippen molar-refractivity contribution in [3.05, 3.63) is 77.4 Å². The van der Waals surface area contributed by atoms with Crippen molar-refractivity contribution in [3.8, 4) is 0 Å². The second-order valence-corrected chi connectivity index (χ2v) is 10.2. The average molecular weight is 444 g/mol. The average Bonchev–Trinajstić information content (AvgIpc) is 3.24. The minimum Gasteiger partial charge on any atom is -0.336 e. The van der Waals surface area contributed by atoms with Gasteiger partial charge in [0.15, 0.2) is 11.5 Å². The minimum absolute atomic E-state index is 0.0245. The molecule has 3 aromatic rings. The Hall–Kier alpha value is -2.58. The molecule has 4 rings (SSSR count). The molecule has 2 heterocycles. The van der Waals surface area contributed by atoms with Crippen LogP contribution >= 0.6 is 0 Å². The molecule has 0 radical (unpaired) electrons. The third kappa shape index (κ3) is 4.55. The molecule has 6 nitrogen and oxygen atoms in total. The van der Waals surface area contributed by atoms with Gasteiger partial charge in [0, 0.05) is 32.4 Å². The highest BCUT2D eigenvalue weighted by molar-refractivity contribution is 7.89. The van der Waals surface area contributed by atoms with Crippen LogP contribution < -0.4 is 0 Å². The Labute approximate surface area is 182 Å². The van der Waals surface area contributed by atoms with Gasteiger partial charge in [0.2, 0.25) is 10.0 Å². The Morgan fingerprint density at radius 1 is 1.06 bits per heavy atom. The van der Waals surface area contributed by atoms with Crippen LogP contribution in [0.15, 0.2) is 64.0 Å². The Balaban J connectivity index is 1.44. The van der Waals surface area contributed by atoms with E-state index in [-0.39, 0.29) is 36.7 Å². The van der Waals surface area contributed by atoms with Crippen molar-refractivity contribution < 1.29 is 17.3 Å². The molecule has 1 aliphatic heterocycles. The zero-order valence-corrected chi connectivity index (χ0v) is 18.5. The van der Waals surface area contributed by atoms with Crippen LogP contribution in [0.1, 0.15) is 55.4 Å². The predicted molar refractivity (Wildman–Crippen MR) is 115 cm³/mol. The number of halogens is 1. The lowest BCUT2D eigenvalue weighted by atomic mass is 9.94. The summed E-state index contributed by atoms with van der Waals surface area (Å²) in [5.74, 6) is 0.662. The Kier molecular flexibility index (Phi) is 5.94. The minimum atomic E-state index is -3.67. The number of hydrogen-bond acceptors (Lipinski definition) is 5. The van der Waals surface area contributed by atoms with Gasteiger partial charge in [-0.2, -0.15) is 9.29 Å². The molecule has 1 aromatic heterocycles. The third-order valence-corrected chi connectivity index (χ3v) is 7.67. The van der Waals surface area contributed by atoms with Gasteiger partial charge in [-0.05, 0) is 29.2 Å². The lowest BCUT2D eigenvalue weighted by molar-refractivity contribution is 0.0511. The molecule has 0 amide bonds. The van der Waals surface area contributed by atoms with E-state index in [2.05, 4.69) is 24.0 Å². The van der Waals surface area contributed by atoms with Crippen LogP contribution in [0.25, 0.3) is 0 Å². The number of benzene rings is 2. The number of alkyl halides is 1. The van der Waals surface area contributed by atoms with E-state index in [1.807, 2.05) is 42.5 Å². The van der Waals surface area contributed by atoms with Crippen LogP contribution in [0.4, 0.5) is 4.39 Å². The van der Waals surface area contributed by atoms with Crippen molar-refractivity contribution in [1.29, 1.82) is 0 Å². The molecule has 0 N–H and O–H groups in total. The molecule has 1 aliphatic rings. The second kappa shape index (κ2) is 8.51. The van der Waals surface area contributed by atoms with Gasteiger partial charge >= 0.3 is 0 Å². The zero-order valence-electron chi connectivity index (χ0n) is 17.7. The van der Waals surface area contributed by atoms with Crippen LogP contribution in [0.2, 0.25) is 0 Å². The van der Waals surface area contributed by atoms with Crippen LogP contribution in [-0.4, -0.2) is 36.0 Å². The van der Waals surface area contributed by atoms with Crippen molar-refractivity contribution in [1.82, 2.24) is 14.4 Å². The number of sulfonamides is 1. The maximum absolute atomic E-state index is 15.5. The highest BCUT2D eigenvalue weighted by Crippen LogP contribution is 2.37. The summed E-state index contributed by atoms with van der Waals surface area (Å²) in [6, 6.07) is 16.5. The summed E-state index contributed by atoms with van der Waals surface area (Å²) in [5, 5.41) is 3.91. The van der Waals surface area contributed by atoms with Crippen molar-refractivity contribution in [2.45, 2.75) is 49.6 Å². The van der Waals surface area contributed by atoms with Gasteiger partial charge in [0.05, 0.1) is 4.90 Å². The Bertz CT molecular complexity index is 1120. The van der Waals surface area contributed by atoms with Gasteiger partial charge in [0.1, 0.15) is 0 Å². The standard InChI is InChI=1S/C23H26FN3O3S/c1-17(2)19-8-10-20(11-9-19)31(28,29)27-14-12-23(24,13-15-27)22-25-21(26-30-22)16-18-6-4-3-5-7-18/h3-11,17H,12-16H2,1-2H3. The molecule has 0 aliphatic carbocycles. The van der Waals surface area contributed by atoms with Crippen LogP contribution in [0.3, 0.4) is 0 Å². The molecule has 0 unspecified atom stereocenters. The molecule has 31 heavy (non-hydrogen) atoms. The fraction of sp³-hybridized carbons (Fsp3) is 0.391. The predicted octanol–water partition coefficient (Wildman–Crippen LogP) is 4.43. The quantitative estimate of drug-likeness (QED) is 0.563. The maximum atomic E-state index is 15.5. The fourth-order valence-corrected chi connectivity index (χ4v) is 5.20. The first-order valence-electron chi connectivity index (χ1n) is 10.4. The summed E-state index contributed by atoms with van der Waals surface area (Å²) in [6.45, 7) is 4.22. The summed E-state index contributed by atoms with van der Waals surface area (Å²) in [4.78, 5) is 4.48. The van der Waals surface area contributed by atoms with Crippen molar-refractivity contribution >= 4 is 10.0 Å². The SMILES string of the molecule is CC(C)c1ccc(S(=O)(=O)N2CCC(F)(c3nc(Cc4ccccc4)no3)CC2)cc1. The number of hydrogen-bond donors (Lipinski definition) is 0. The number of nitrogens with zero attached hydrogens (tertiary/aromatic N) is 3.